The van der Waals surface area contributed by atoms with E-state index in [1.807, 2.05) is 0 Å². The number of nitrogens with zero attached hydrogens (tertiary/aromatic N) is 1. The maximum Gasteiger partial charge on any atom is 0.00678 e. The molecule has 120 valence electrons. The van der Waals surface area contributed by atoms with E-state index in [0.29, 0.717) is 6.04 Å². The Balaban J connectivity index is 1.97. The van der Waals surface area contributed by atoms with Gasteiger partial charge < -0.3 is 10.2 Å². The number of hydrogen-bond donors (Lipinski definition) is 1. The van der Waals surface area contributed by atoms with Crippen LogP contribution in [0.1, 0.15) is 78.6 Å². The molecule has 1 saturated heterocycles. The second-order valence-corrected chi connectivity index (χ2v) is 6.65. The average molecular weight is 283 g/mol. The van der Waals surface area contributed by atoms with Crippen LogP contribution in [0.15, 0.2) is 0 Å². The number of rotatable bonds is 11. The molecule has 1 heterocycles. The molecule has 0 radical (unpaired) electrons. The molecule has 1 unspecified atom stereocenters. The number of likely N-dealkylation sites (tertiary alicyclic amines) is 1. The summed E-state index contributed by atoms with van der Waals surface area (Å²) in [5.41, 5.74) is 0. The molecule has 0 aromatic carbocycles. The standard InChI is InChI=1S/C18H38N2/c1-4-6-7-8-9-10-11-14-20-15-12-18(13-16-20)17(3)19-5-2/h17-19H,4-16H2,1-3H3. The van der Waals surface area contributed by atoms with E-state index in [1.165, 1.54) is 77.4 Å². The van der Waals surface area contributed by atoms with Gasteiger partial charge in [-0.25, -0.2) is 0 Å². The van der Waals surface area contributed by atoms with Gasteiger partial charge in [-0.3, -0.25) is 0 Å². The molecule has 0 aromatic rings. The summed E-state index contributed by atoms with van der Waals surface area (Å²) in [7, 11) is 0. The van der Waals surface area contributed by atoms with Gasteiger partial charge in [0.25, 0.3) is 0 Å². The summed E-state index contributed by atoms with van der Waals surface area (Å²) in [6, 6.07) is 0.709. The lowest BCUT2D eigenvalue weighted by atomic mass is 9.90. The van der Waals surface area contributed by atoms with Crippen molar-refractivity contribution in [2.24, 2.45) is 5.92 Å². The van der Waals surface area contributed by atoms with Crippen molar-refractivity contribution in [3.05, 3.63) is 0 Å². The Morgan fingerprint density at radius 1 is 0.950 bits per heavy atom. The highest BCUT2D eigenvalue weighted by Gasteiger charge is 2.22. The van der Waals surface area contributed by atoms with Crippen molar-refractivity contribution in [1.29, 1.82) is 0 Å². The quantitative estimate of drug-likeness (QED) is 0.563. The van der Waals surface area contributed by atoms with Crippen molar-refractivity contribution in [2.75, 3.05) is 26.2 Å². The summed E-state index contributed by atoms with van der Waals surface area (Å²) in [5.74, 6) is 0.903. The first kappa shape index (κ1) is 18.0. The lowest BCUT2D eigenvalue weighted by Gasteiger charge is -2.35. The van der Waals surface area contributed by atoms with Gasteiger partial charge in [0, 0.05) is 6.04 Å². The highest BCUT2D eigenvalue weighted by atomic mass is 15.1. The van der Waals surface area contributed by atoms with Gasteiger partial charge in [-0.2, -0.15) is 0 Å². The first-order valence-corrected chi connectivity index (χ1v) is 9.23. The van der Waals surface area contributed by atoms with Gasteiger partial charge in [0.15, 0.2) is 0 Å². The number of unbranched alkanes of at least 4 members (excludes halogenated alkanes) is 6. The number of hydrogen-bond acceptors (Lipinski definition) is 2. The molecule has 20 heavy (non-hydrogen) atoms. The van der Waals surface area contributed by atoms with Crippen LogP contribution in [-0.4, -0.2) is 37.1 Å². The summed E-state index contributed by atoms with van der Waals surface area (Å²) >= 11 is 0. The molecular weight excluding hydrogens is 244 g/mol. The molecular formula is C18H38N2. The van der Waals surface area contributed by atoms with E-state index >= 15 is 0 Å². The van der Waals surface area contributed by atoms with Crippen molar-refractivity contribution in [3.8, 4) is 0 Å². The van der Waals surface area contributed by atoms with E-state index < -0.39 is 0 Å². The summed E-state index contributed by atoms with van der Waals surface area (Å²) in [6.45, 7) is 12.0. The van der Waals surface area contributed by atoms with Crippen LogP contribution >= 0.6 is 0 Å². The van der Waals surface area contributed by atoms with Crippen LogP contribution in [-0.2, 0) is 0 Å². The molecule has 2 heteroatoms. The lowest BCUT2D eigenvalue weighted by molar-refractivity contribution is 0.161. The molecule has 1 aliphatic rings. The van der Waals surface area contributed by atoms with E-state index in [2.05, 4.69) is 31.0 Å². The van der Waals surface area contributed by atoms with Crippen molar-refractivity contribution in [3.63, 3.8) is 0 Å². The zero-order chi connectivity index (χ0) is 14.6. The fourth-order valence-electron chi connectivity index (χ4n) is 3.46. The van der Waals surface area contributed by atoms with E-state index in [1.54, 1.807) is 0 Å². The van der Waals surface area contributed by atoms with Crippen LogP contribution in [0.5, 0.6) is 0 Å². The molecule has 1 aliphatic heterocycles. The highest BCUT2D eigenvalue weighted by Crippen LogP contribution is 2.21. The average Bonchev–Trinajstić information content (AvgIpc) is 2.47. The van der Waals surface area contributed by atoms with Gasteiger partial charge >= 0.3 is 0 Å². The van der Waals surface area contributed by atoms with Crippen LogP contribution in [0.3, 0.4) is 0 Å². The van der Waals surface area contributed by atoms with E-state index in [9.17, 15) is 0 Å². The molecule has 0 amide bonds. The van der Waals surface area contributed by atoms with Crippen LogP contribution in [0.2, 0.25) is 0 Å². The first-order valence-electron chi connectivity index (χ1n) is 9.23. The number of piperidine rings is 1. The topological polar surface area (TPSA) is 15.3 Å². The Labute approximate surface area is 127 Å². The minimum atomic E-state index is 0.709. The monoisotopic (exact) mass is 282 g/mol. The molecule has 0 aromatic heterocycles. The maximum absolute atomic E-state index is 3.59. The Morgan fingerprint density at radius 3 is 2.15 bits per heavy atom. The summed E-state index contributed by atoms with van der Waals surface area (Å²) < 4.78 is 0. The summed E-state index contributed by atoms with van der Waals surface area (Å²) in [4.78, 5) is 2.70. The van der Waals surface area contributed by atoms with Gasteiger partial charge in [-0.05, 0) is 58.3 Å². The van der Waals surface area contributed by atoms with Crippen LogP contribution in [0.25, 0.3) is 0 Å². The van der Waals surface area contributed by atoms with Crippen LogP contribution in [0.4, 0.5) is 0 Å². The second kappa shape index (κ2) is 11.6. The predicted molar refractivity (Wildman–Crippen MR) is 90.3 cm³/mol. The van der Waals surface area contributed by atoms with E-state index in [0.717, 1.165) is 12.5 Å². The van der Waals surface area contributed by atoms with Crippen molar-refractivity contribution < 1.29 is 0 Å². The van der Waals surface area contributed by atoms with E-state index in [-0.39, 0.29) is 0 Å². The number of nitrogens with one attached hydrogen (secondary N) is 1. The molecule has 1 rings (SSSR count). The van der Waals surface area contributed by atoms with Gasteiger partial charge in [-0.1, -0.05) is 52.4 Å². The summed E-state index contributed by atoms with van der Waals surface area (Å²) in [5, 5.41) is 3.59. The van der Waals surface area contributed by atoms with Crippen molar-refractivity contribution in [2.45, 2.75) is 84.6 Å². The first-order chi connectivity index (χ1) is 9.77. The SMILES string of the molecule is CCCCCCCCCN1CCC(C(C)NCC)CC1. The van der Waals surface area contributed by atoms with Gasteiger partial charge in [0.05, 0.1) is 0 Å². The van der Waals surface area contributed by atoms with Crippen LogP contribution < -0.4 is 5.32 Å². The Morgan fingerprint density at radius 2 is 1.55 bits per heavy atom. The third-order valence-corrected chi connectivity index (χ3v) is 4.94. The molecule has 1 N–H and O–H groups in total. The van der Waals surface area contributed by atoms with Gasteiger partial charge in [-0.15, -0.1) is 0 Å². The van der Waals surface area contributed by atoms with E-state index in [4.69, 9.17) is 0 Å². The molecule has 0 spiro atoms. The predicted octanol–water partition coefficient (Wildman–Crippen LogP) is 4.45. The molecule has 2 nitrogen and oxygen atoms in total. The van der Waals surface area contributed by atoms with Crippen LogP contribution in [0, 0.1) is 5.92 Å². The van der Waals surface area contributed by atoms with Gasteiger partial charge in [0.2, 0.25) is 0 Å². The zero-order valence-corrected chi connectivity index (χ0v) is 14.3. The normalized spacial score (nSPS) is 19.4. The van der Waals surface area contributed by atoms with Gasteiger partial charge in [0.1, 0.15) is 0 Å². The fraction of sp³-hybridized carbons (Fsp3) is 1.00. The minimum Gasteiger partial charge on any atom is -0.314 e. The van der Waals surface area contributed by atoms with Crippen molar-refractivity contribution >= 4 is 0 Å². The Bertz CT molecular complexity index is 209. The maximum atomic E-state index is 3.59. The molecule has 1 fully saturated rings. The highest BCUT2D eigenvalue weighted by molar-refractivity contribution is 4.79. The zero-order valence-electron chi connectivity index (χ0n) is 14.3. The van der Waals surface area contributed by atoms with Crippen molar-refractivity contribution in [1.82, 2.24) is 10.2 Å². The summed E-state index contributed by atoms with van der Waals surface area (Å²) in [6.07, 6.45) is 12.8. The Hall–Kier alpha value is -0.0800. The smallest absolute Gasteiger partial charge is 0.00678 e. The molecule has 0 bridgehead atoms. The molecule has 0 saturated carbocycles. The second-order valence-electron chi connectivity index (χ2n) is 6.65. The minimum absolute atomic E-state index is 0.709. The third-order valence-electron chi connectivity index (χ3n) is 4.94. The lowest BCUT2D eigenvalue weighted by Crippen LogP contribution is -2.42. The Kier molecular flexibility index (Phi) is 10.4. The molecule has 0 aliphatic carbocycles. The largest absolute Gasteiger partial charge is 0.314 e. The third kappa shape index (κ3) is 7.64. The molecule has 1 atom stereocenters. The fourth-order valence-corrected chi connectivity index (χ4v) is 3.46.